The zero-order valence-corrected chi connectivity index (χ0v) is 32.8. The summed E-state index contributed by atoms with van der Waals surface area (Å²) in [5.41, 5.74) is 18.8. The average molecular weight is 730 g/mol. The van der Waals surface area contributed by atoms with Crippen molar-refractivity contribution in [1.29, 1.82) is 0 Å². The maximum atomic E-state index is 2.54. The Labute approximate surface area is 335 Å². The fourth-order valence-electron chi connectivity index (χ4n) is 10.1. The van der Waals surface area contributed by atoms with Gasteiger partial charge < -0.3 is 4.90 Å². The van der Waals surface area contributed by atoms with Crippen molar-refractivity contribution in [1.82, 2.24) is 0 Å². The van der Waals surface area contributed by atoms with Crippen molar-refractivity contribution in [3.05, 3.63) is 210 Å². The summed E-state index contributed by atoms with van der Waals surface area (Å²) in [7, 11) is 0. The quantitative estimate of drug-likeness (QED) is 0.170. The Bertz CT molecular complexity index is 2980. The molecule has 2 aliphatic carbocycles. The number of nitrogens with zero attached hydrogens (tertiary/aromatic N) is 1. The highest BCUT2D eigenvalue weighted by atomic mass is 15.1. The maximum Gasteiger partial charge on any atom is 0.0546 e. The van der Waals surface area contributed by atoms with E-state index in [2.05, 4.69) is 221 Å². The molecule has 0 saturated carbocycles. The minimum atomic E-state index is -0.138. The van der Waals surface area contributed by atoms with Crippen LogP contribution in [-0.4, -0.2) is 0 Å². The lowest BCUT2D eigenvalue weighted by molar-refractivity contribution is 0.660. The van der Waals surface area contributed by atoms with E-state index in [-0.39, 0.29) is 10.8 Å². The van der Waals surface area contributed by atoms with E-state index in [0.717, 1.165) is 17.1 Å². The molecule has 0 atom stereocenters. The van der Waals surface area contributed by atoms with Crippen molar-refractivity contribution >= 4 is 38.6 Å². The first-order valence-corrected chi connectivity index (χ1v) is 20.2. The molecule has 1 nitrogen and oxygen atoms in total. The van der Waals surface area contributed by atoms with Crippen LogP contribution in [0, 0.1) is 0 Å². The zero-order valence-electron chi connectivity index (χ0n) is 32.8. The molecule has 57 heavy (non-hydrogen) atoms. The Morgan fingerprint density at radius 1 is 0.333 bits per heavy atom. The fraction of sp³-hybridized carbons (Fsp3) is 0.107. The molecule has 0 amide bonds. The van der Waals surface area contributed by atoms with Gasteiger partial charge in [0.05, 0.1) is 5.69 Å². The molecule has 0 aliphatic heterocycles. The molecule has 1 heteroatoms. The molecule has 0 bridgehead atoms. The summed E-state index contributed by atoms with van der Waals surface area (Å²) in [4.78, 5) is 2.54. The number of benzene rings is 9. The lowest BCUT2D eigenvalue weighted by atomic mass is 9.82. The standard InChI is InChI=1S/C56H43N/c1-55(2)49-24-11-9-20-44(49)46-31-29-40(34-51(46)55)57(41-30-32-47-45-21-10-12-25-50(45)56(3,4)52(47)35-41)53-26-14-23-48(43-22-13-18-37-16-7-8-19-42(37)43)54(53)39-28-27-36-15-5-6-17-38(36)33-39/h5-35H,1-4H3. The number of hydrogen-bond donors (Lipinski definition) is 0. The summed E-state index contributed by atoms with van der Waals surface area (Å²) >= 11 is 0. The zero-order chi connectivity index (χ0) is 38.5. The van der Waals surface area contributed by atoms with Crippen LogP contribution in [0.2, 0.25) is 0 Å². The second kappa shape index (κ2) is 12.4. The van der Waals surface area contributed by atoms with Crippen LogP contribution in [0.25, 0.3) is 66.1 Å². The SMILES string of the molecule is CC1(C)c2ccccc2-c2ccc(N(c3ccc4c(c3)C(C)(C)c3ccccc3-4)c3cccc(-c4cccc5ccccc45)c3-c3ccc4ccccc4c3)cc21. The van der Waals surface area contributed by atoms with Gasteiger partial charge in [0.2, 0.25) is 0 Å². The molecular weight excluding hydrogens is 687 g/mol. The Hall–Kier alpha value is -6.70. The van der Waals surface area contributed by atoms with Crippen molar-refractivity contribution in [2.24, 2.45) is 0 Å². The van der Waals surface area contributed by atoms with Crippen LogP contribution in [0.15, 0.2) is 188 Å². The number of hydrogen-bond acceptors (Lipinski definition) is 1. The van der Waals surface area contributed by atoms with E-state index >= 15 is 0 Å². The Balaban J connectivity index is 1.22. The van der Waals surface area contributed by atoms with Gasteiger partial charge >= 0.3 is 0 Å². The number of anilines is 3. The molecule has 0 radical (unpaired) electrons. The average Bonchev–Trinajstić information content (AvgIpc) is 3.62. The normalized spacial score (nSPS) is 14.2. The number of fused-ring (bicyclic) bond motifs is 8. The Morgan fingerprint density at radius 2 is 0.825 bits per heavy atom. The predicted molar refractivity (Wildman–Crippen MR) is 242 cm³/mol. The third-order valence-electron chi connectivity index (χ3n) is 13.1. The van der Waals surface area contributed by atoms with Crippen molar-refractivity contribution in [3.63, 3.8) is 0 Å². The van der Waals surface area contributed by atoms with Crippen LogP contribution in [0.1, 0.15) is 49.9 Å². The Morgan fingerprint density at radius 3 is 1.49 bits per heavy atom. The molecule has 11 rings (SSSR count). The molecule has 0 N–H and O–H groups in total. The molecule has 272 valence electrons. The van der Waals surface area contributed by atoms with E-state index in [4.69, 9.17) is 0 Å². The van der Waals surface area contributed by atoms with Crippen LogP contribution < -0.4 is 4.90 Å². The predicted octanol–water partition coefficient (Wildman–Crippen LogP) is 15.4. The summed E-state index contributed by atoms with van der Waals surface area (Å²) < 4.78 is 0. The minimum Gasteiger partial charge on any atom is -0.310 e. The summed E-state index contributed by atoms with van der Waals surface area (Å²) in [5, 5.41) is 4.96. The van der Waals surface area contributed by atoms with Gasteiger partial charge in [0.25, 0.3) is 0 Å². The smallest absolute Gasteiger partial charge is 0.0546 e. The molecule has 0 fully saturated rings. The van der Waals surface area contributed by atoms with Gasteiger partial charge in [0.15, 0.2) is 0 Å². The molecule has 0 unspecified atom stereocenters. The van der Waals surface area contributed by atoms with E-state index < -0.39 is 0 Å². The second-order valence-electron chi connectivity index (χ2n) is 16.9. The summed E-state index contributed by atoms with van der Waals surface area (Å²) in [5.74, 6) is 0. The van der Waals surface area contributed by atoms with Gasteiger partial charge in [-0.25, -0.2) is 0 Å². The van der Waals surface area contributed by atoms with Crippen LogP contribution >= 0.6 is 0 Å². The molecule has 2 aliphatic rings. The fourth-order valence-corrected chi connectivity index (χ4v) is 10.1. The van der Waals surface area contributed by atoms with E-state index in [1.54, 1.807) is 0 Å². The van der Waals surface area contributed by atoms with Crippen molar-refractivity contribution < 1.29 is 0 Å². The summed E-state index contributed by atoms with van der Waals surface area (Å²) in [6.45, 7) is 9.51. The van der Waals surface area contributed by atoms with E-state index in [0.29, 0.717) is 0 Å². The van der Waals surface area contributed by atoms with Crippen LogP contribution in [0.3, 0.4) is 0 Å². The first-order chi connectivity index (χ1) is 27.8. The lowest BCUT2D eigenvalue weighted by Gasteiger charge is -2.32. The molecule has 9 aromatic rings. The monoisotopic (exact) mass is 729 g/mol. The van der Waals surface area contributed by atoms with Crippen molar-refractivity contribution in [3.8, 4) is 44.5 Å². The third-order valence-corrected chi connectivity index (χ3v) is 13.1. The van der Waals surface area contributed by atoms with Gasteiger partial charge in [-0.1, -0.05) is 179 Å². The van der Waals surface area contributed by atoms with E-state index in [9.17, 15) is 0 Å². The molecule has 0 saturated heterocycles. The van der Waals surface area contributed by atoms with Gasteiger partial charge in [-0.3, -0.25) is 0 Å². The molecule has 0 aromatic heterocycles. The lowest BCUT2D eigenvalue weighted by Crippen LogP contribution is -2.18. The first kappa shape index (κ1) is 33.6. The van der Waals surface area contributed by atoms with E-state index in [1.807, 2.05) is 0 Å². The van der Waals surface area contributed by atoms with Gasteiger partial charge in [-0.05, 0) is 119 Å². The maximum absolute atomic E-state index is 2.54. The summed E-state index contributed by atoms with van der Waals surface area (Å²) in [6, 6.07) is 70.3. The van der Waals surface area contributed by atoms with Crippen LogP contribution in [0.4, 0.5) is 17.1 Å². The second-order valence-corrected chi connectivity index (χ2v) is 16.9. The largest absolute Gasteiger partial charge is 0.310 e. The molecule has 9 aromatic carbocycles. The van der Waals surface area contributed by atoms with Gasteiger partial charge in [0.1, 0.15) is 0 Å². The third kappa shape index (κ3) is 5.02. The first-order valence-electron chi connectivity index (χ1n) is 20.2. The number of rotatable bonds is 5. The van der Waals surface area contributed by atoms with E-state index in [1.165, 1.54) is 88.3 Å². The van der Waals surface area contributed by atoms with Crippen LogP contribution in [0.5, 0.6) is 0 Å². The minimum absolute atomic E-state index is 0.138. The molecule has 0 heterocycles. The Kier molecular flexibility index (Phi) is 7.32. The van der Waals surface area contributed by atoms with Crippen LogP contribution in [-0.2, 0) is 10.8 Å². The topological polar surface area (TPSA) is 3.24 Å². The van der Waals surface area contributed by atoms with Gasteiger partial charge in [0, 0.05) is 27.8 Å². The highest BCUT2D eigenvalue weighted by Crippen LogP contribution is 2.54. The highest BCUT2D eigenvalue weighted by molar-refractivity contribution is 6.06. The molecule has 0 spiro atoms. The summed E-state index contributed by atoms with van der Waals surface area (Å²) in [6.07, 6.45) is 0. The van der Waals surface area contributed by atoms with Gasteiger partial charge in [-0.15, -0.1) is 0 Å². The van der Waals surface area contributed by atoms with Crippen molar-refractivity contribution in [2.75, 3.05) is 4.90 Å². The van der Waals surface area contributed by atoms with Gasteiger partial charge in [-0.2, -0.15) is 0 Å². The molecular formula is C56H43N. The highest BCUT2D eigenvalue weighted by Gasteiger charge is 2.38. The van der Waals surface area contributed by atoms with Crippen molar-refractivity contribution in [2.45, 2.75) is 38.5 Å².